The molecule has 5 rings (SSSR count). The zero-order valence-electron chi connectivity index (χ0n) is 12.4. The monoisotopic (exact) mass is 292 g/mol. The van der Waals surface area contributed by atoms with Crippen molar-refractivity contribution in [2.24, 2.45) is 11.8 Å². The minimum atomic E-state index is -1.06. The van der Waals surface area contributed by atoms with Gasteiger partial charge in [0.2, 0.25) is 0 Å². The van der Waals surface area contributed by atoms with Crippen LogP contribution in [0.3, 0.4) is 0 Å². The van der Waals surface area contributed by atoms with Gasteiger partial charge in [0.05, 0.1) is 5.97 Å². The predicted octanol–water partition coefficient (Wildman–Crippen LogP) is 2.20. The highest BCUT2D eigenvalue weighted by atomic mass is 16.4. The smallest absolute Gasteiger partial charge is 0.0715 e. The Hall–Kier alpha value is -2.03. The molecule has 1 aromatic carbocycles. The number of allylic oxidation sites excluding steroid dienone is 4. The molecule has 4 atom stereocenters. The largest absolute Gasteiger partial charge is 0.545 e. The third-order valence-corrected chi connectivity index (χ3v) is 5.93. The molecule has 0 unspecified atom stereocenters. The molecular weight excluding hydrogens is 274 g/mol. The molecule has 2 aliphatic heterocycles. The molecular formula is C19H18NO2-. The fourth-order valence-electron chi connectivity index (χ4n) is 4.99. The topological polar surface area (TPSA) is 43.4 Å². The lowest BCUT2D eigenvalue weighted by Crippen LogP contribution is -2.44. The molecule has 0 spiro atoms. The molecule has 4 aliphatic rings. The summed E-state index contributed by atoms with van der Waals surface area (Å²) in [5.41, 5.74) is 4.07. The normalized spacial score (nSPS) is 33.5. The number of nitrogens with zero attached hydrogens (tertiary/aromatic N) is 1. The first-order chi connectivity index (χ1) is 10.7. The molecule has 112 valence electrons. The number of carbonyl (C=O) groups excluding carboxylic acids is 1. The van der Waals surface area contributed by atoms with E-state index in [0.717, 1.165) is 25.9 Å². The summed E-state index contributed by atoms with van der Waals surface area (Å²) in [6, 6.07) is 3.74. The second-order valence-corrected chi connectivity index (χ2v) is 7.10. The van der Waals surface area contributed by atoms with Gasteiger partial charge in [0.1, 0.15) is 0 Å². The van der Waals surface area contributed by atoms with Crippen LogP contribution in [0.5, 0.6) is 0 Å². The first-order valence-electron chi connectivity index (χ1n) is 8.20. The molecule has 0 bridgehead atoms. The second kappa shape index (κ2) is 4.25. The van der Waals surface area contributed by atoms with Crippen LogP contribution in [0.15, 0.2) is 36.4 Å². The van der Waals surface area contributed by atoms with E-state index in [2.05, 4.69) is 29.2 Å². The molecule has 3 nitrogen and oxygen atoms in total. The molecule has 0 fully saturated rings. The van der Waals surface area contributed by atoms with E-state index in [-0.39, 0.29) is 0 Å². The van der Waals surface area contributed by atoms with Crippen LogP contribution in [-0.2, 0) is 0 Å². The van der Waals surface area contributed by atoms with Crippen molar-refractivity contribution in [1.82, 2.24) is 0 Å². The number of aromatic carboxylic acids is 1. The summed E-state index contributed by atoms with van der Waals surface area (Å²) >= 11 is 0. The van der Waals surface area contributed by atoms with E-state index in [4.69, 9.17) is 0 Å². The number of fused-ring (bicyclic) bond motifs is 4. The minimum Gasteiger partial charge on any atom is -0.545 e. The van der Waals surface area contributed by atoms with Gasteiger partial charge in [0, 0.05) is 30.6 Å². The Morgan fingerprint density at radius 2 is 1.55 bits per heavy atom. The average Bonchev–Trinajstić information content (AvgIpc) is 3.15. The van der Waals surface area contributed by atoms with Gasteiger partial charge in [-0.3, -0.25) is 0 Å². The van der Waals surface area contributed by atoms with Gasteiger partial charge in [0.25, 0.3) is 0 Å². The number of hydrogen-bond acceptors (Lipinski definition) is 3. The molecule has 22 heavy (non-hydrogen) atoms. The SMILES string of the molecule is O=C([O-])c1cc2c3c(c1)[C@@H]1C=CC[C@@H]1CN3C[C@@H]1CC=C[C@H]21. The Labute approximate surface area is 129 Å². The van der Waals surface area contributed by atoms with E-state index in [1.165, 1.54) is 16.8 Å². The van der Waals surface area contributed by atoms with Crippen LogP contribution in [0, 0.1) is 11.8 Å². The van der Waals surface area contributed by atoms with E-state index < -0.39 is 5.97 Å². The average molecular weight is 292 g/mol. The van der Waals surface area contributed by atoms with Crippen molar-refractivity contribution >= 4 is 11.7 Å². The molecule has 0 amide bonds. The van der Waals surface area contributed by atoms with E-state index >= 15 is 0 Å². The van der Waals surface area contributed by atoms with Gasteiger partial charge < -0.3 is 14.8 Å². The quantitative estimate of drug-likeness (QED) is 0.745. The number of benzene rings is 1. The lowest BCUT2D eigenvalue weighted by atomic mass is 9.74. The van der Waals surface area contributed by atoms with Crippen molar-refractivity contribution in [2.75, 3.05) is 18.0 Å². The molecule has 1 aromatic rings. The maximum Gasteiger partial charge on any atom is 0.0715 e. The summed E-state index contributed by atoms with van der Waals surface area (Å²) < 4.78 is 0. The number of rotatable bonds is 1. The van der Waals surface area contributed by atoms with Crippen LogP contribution in [0.25, 0.3) is 0 Å². The highest BCUT2D eigenvalue weighted by Gasteiger charge is 2.42. The summed E-state index contributed by atoms with van der Waals surface area (Å²) in [6.45, 7) is 2.21. The maximum atomic E-state index is 11.5. The third-order valence-electron chi connectivity index (χ3n) is 5.93. The van der Waals surface area contributed by atoms with E-state index in [1.54, 1.807) is 0 Å². The van der Waals surface area contributed by atoms with Gasteiger partial charge >= 0.3 is 0 Å². The summed E-state index contributed by atoms with van der Waals surface area (Å²) in [7, 11) is 0. The molecule has 0 radical (unpaired) electrons. The maximum absolute atomic E-state index is 11.5. The van der Waals surface area contributed by atoms with Crippen LogP contribution in [0.4, 0.5) is 5.69 Å². The van der Waals surface area contributed by atoms with Crippen molar-refractivity contribution in [1.29, 1.82) is 0 Å². The number of carboxylic acids is 1. The van der Waals surface area contributed by atoms with Crippen molar-refractivity contribution in [2.45, 2.75) is 24.7 Å². The highest BCUT2D eigenvalue weighted by Crippen LogP contribution is 2.53. The second-order valence-electron chi connectivity index (χ2n) is 7.10. The molecule has 3 heteroatoms. The van der Waals surface area contributed by atoms with Gasteiger partial charge in [-0.2, -0.15) is 0 Å². The molecule has 0 N–H and O–H groups in total. The van der Waals surface area contributed by atoms with Crippen molar-refractivity contribution < 1.29 is 9.90 Å². The van der Waals surface area contributed by atoms with Crippen molar-refractivity contribution in [3.63, 3.8) is 0 Å². The Morgan fingerprint density at radius 3 is 2.05 bits per heavy atom. The van der Waals surface area contributed by atoms with Crippen LogP contribution < -0.4 is 10.0 Å². The summed E-state index contributed by atoms with van der Waals surface area (Å²) in [5, 5.41) is 11.5. The molecule has 0 saturated heterocycles. The highest BCUT2D eigenvalue weighted by molar-refractivity contribution is 5.88. The van der Waals surface area contributed by atoms with Gasteiger partial charge in [-0.25, -0.2) is 0 Å². The Morgan fingerprint density at radius 1 is 1.00 bits per heavy atom. The van der Waals surface area contributed by atoms with Crippen molar-refractivity contribution in [3.8, 4) is 0 Å². The van der Waals surface area contributed by atoms with Gasteiger partial charge in [-0.1, -0.05) is 24.3 Å². The lowest BCUT2D eigenvalue weighted by molar-refractivity contribution is -0.255. The number of carboxylic acid groups (broad SMARTS) is 1. The first kappa shape index (κ1) is 12.5. The Kier molecular flexibility index (Phi) is 2.42. The number of carbonyl (C=O) groups is 1. The summed E-state index contributed by atoms with van der Waals surface area (Å²) in [6.07, 6.45) is 11.3. The van der Waals surface area contributed by atoms with Crippen LogP contribution in [0.2, 0.25) is 0 Å². The van der Waals surface area contributed by atoms with Crippen LogP contribution in [0.1, 0.15) is 46.2 Å². The fourth-order valence-corrected chi connectivity index (χ4v) is 4.99. The molecule has 0 saturated carbocycles. The standard InChI is InChI=1S/C19H19NO2/c21-19(22)13-7-16-14-5-1-3-11(14)9-20-10-12-4-2-6-15(12)17(8-13)18(16)20/h1-2,5-8,11-12,14-15H,3-4,9-10H2,(H,21,22)/p-1/t11-,12+,14-,15+. The minimum absolute atomic E-state index is 0.343. The van der Waals surface area contributed by atoms with Crippen LogP contribution in [-0.4, -0.2) is 19.1 Å². The lowest BCUT2D eigenvalue weighted by Gasteiger charge is -2.46. The third kappa shape index (κ3) is 1.54. The van der Waals surface area contributed by atoms with E-state index in [9.17, 15) is 9.90 Å². The summed E-state index contributed by atoms with van der Waals surface area (Å²) in [5.74, 6) is 0.905. The molecule has 2 aliphatic carbocycles. The van der Waals surface area contributed by atoms with Crippen molar-refractivity contribution in [3.05, 3.63) is 53.1 Å². The van der Waals surface area contributed by atoms with Crippen LogP contribution >= 0.6 is 0 Å². The molecule has 2 heterocycles. The van der Waals surface area contributed by atoms with E-state index in [1.807, 2.05) is 12.1 Å². The molecule has 0 aromatic heterocycles. The fraction of sp³-hybridized carbons (Fsp3) is 0.421. The number of anilines is 1. The number of hydrogen-bond donors (Lipinski definition) is 0. The zero-order valence-corrected chi connectivity index (χ0v) is 12.4. The predicted molar refractivity (Wildman–Crippen MR) is 83.0 cm³/mol. The Bertz CT molecular complexity index is 682. The first-order valence-corrected chi connectivity index (χ1v) is 8.20. The van der Waals surface area contributed by atoms with Gasteiger partial charge in [-0.15, -0.1) is 0 Å². The van der Waals surface area contributed by atoms with Gasteiger partial charge in [-0.05, 0) is 53.5 Å². The van der Waals surface area contributed by atoms with E-state index in [0.29, 0.717) is 29.2 Å². The van der Waals surface area contributed by atoms with Gasteiger partial charge in [0.15, 0.2) is 0 Å². The summed E-state index contributed by atoms with van der Waals surface area (Å²) in [4.78, 5) is 14.0. The Balaban J connectivity index is 1.77. The zero-order chi connectivity index (χ0) is 14.8.